The quantitative estimate of drug-likeness (QED) is 0.782. The first kappa shape index (κ1) is 18.7. The average Bonchev–Trinajstić information content (AvgIpc) is 2.58. The molecule has 0 heterocycles. The van der Waals surface area contributed by atoms with Crippen molar-refractivity contribution < 1.29 is 9.59 Å². The smallest absolute Gasteiger partial charge is 0.267 e. The molecule has 0 aliphatic rings. The Bertz CT molecular complexity index is 748. The third-order valence-electron chi connectivity index (χ3n) is 4.00. The molecule has 0 aliphatic heterocycles. The highest BCUT2D eigenvalue weighted by Gasteiger charge is 2.35. The molecular weight excluding hydrogens is 312 g/mol. The Morgan fingerprint density at radius 2 is 1.44 bits per heavy atom. The highest BCUT2D eigenvalue weighted by Crippen LogP contribution is 2.23. The number of carbonyl (C=O) groups excluding carboxylic acids is 2. The Labute approximate surface area is 150 Å². The molecule has 0 N–H and O–H groups in total. The summed E-state index contributed by atoms with van der Waals surface area (Å²) in [6.45, 7) is 9.99. The Hall–Kier alpha value is -2.62. The third-order valence-corrected chi connectivity index (χ3v) is 4.00. The first-order valence-corrected chi connectivity index (χ1v) is 8.54. The predicted octanol–water partition coefficient (Wildman–Crippen LogP) is 4.31. The number of nitrogens with zero attached hydrogens (tertiary/aromatic N) is 2. The number of hydrogen-bond donors (Lipinski definition) is 0. The Kier molecular flexibility index (Phi) is 5.62. The lowest BCUT2D eigenvalue weighted by molar-refractivity contribution is -0.0411. The van der Waals surface area contributed by atoms with Gasteiger partial charge in [0.2, 0.25) is 0 Å². The molecule has 132 valence electrons. The molecule has 0 atom stereocenters. The summed E-state index contributed by atoms with van der Waals surface area (Å²) in [5.41, 5.74) is 1.53. The number of carbonyl (C=O) groups is 2. The summed E-state index contributed by atoms with van der Waals surface area (Å²) in [4.78, 5) is 26.3. The standard InChI is InChI=1S/C21H26N2O2/c1-6-22(20(25)18-15-11-10-12-16(18)2)23(21(3,4)5)19(24)17-13-8-7-9-14-17/h7-15H,6H2,1-5H3. The second-order valence-electron chi connectivity index (χ2n) is 6.99. The topological polar surface area (TPSA) is 40.6 Å². The van der Waals surface area contributed by atoms with Crippen molar-refractivity contribution in [3.05, 3.63) is 71.3 Å². The SMILES string of the molecule is CCN(C(=O)c1ccccc1C)N(C(=O)c1ccccc1)C(C)(C)C. The maximum atomic E-state index is 13.2. The van der Waals surface area contributed by atoms with Crippen molar-refractivity contribution in [2.75, 3.05) is 6.54 Å². The van der Waals surface area contributed by atoms with Gasteiger partial charge in [-0.05, 0) is 58.4 Å². The molecule has 4 nitrogen and oxygen atoms in total. The first-order chi connectivity index (χ1) is 11.8. The Morgan fingerprint density at radius 1 is 0.880 bits per heavy atom. The number of hydrazine groups is 1. The van der Waals surface area contributed by atoms with E-state index in [4.69, 9.17) is 0 Å². The van der Waals surface area contributed by atoms with Crippen molar-refractivity contribution in [2.24, 2.45) is 0 Å². The van der Waals surface area contributed by atoms with Crippen LogP contribution in [0.2, 0.25) is 0 Å². The first-order valence-electron chi connectivity index (χ1n) is 8.54. The number of aryl methyl sites for hydroxylation is 1. The van der Waals surface area contributed by atoms with Crippen LogP contribution in [0.1, 0.15) is 54.0 Å². The molecule has 0 fully saturated rings. The van der Waals surface area contributed by atoms with E-state index in [-0.39, 0.29) is 11.8 Å². The number of amides is 2. The summed E-state index contributed by atoms with van der Waals surface area (Å²) in [5, 5.41) is 3.11. The summed E-state index contributed by atoms with van der Waals surface area (Å²) in [7, 11) is 0. The van der Waals surface area contributed by atoms with Gasteiger partial charge in [-0.1, -0.05) is 36.4 Å². The third kappa shape index (κ3) is 4.08. The molecule has 2 amide bonds. The van der Waals surface area contributed by atoms with E-state index in [1.165, 1.54) is 5.01 Å². The number of rotatable bonds is 3. The maximum absolute atomic E-state index is 13.2. The van der Waals surface area contributed by atoms with Crippen molar-refractivity contribution >= 4 is 11.8 Å². The van der Waals surface area contributed by atoms with Gasteiger partial charge in [0.25, 0.3) is 11.8 Å². The van der Waals surface area contributed by atoms with Gasteiger partial charge in [-0.2, -0.15) is 0 Å². The van der Waals surface area contributed by atoms with Crippen LogP contribution >= 0.6 is 0 Å². The zero-order valence-electron chi connectivity index (χ0n) is 15.6. The molecule has 0 radical (unpaired) electrons. The molecule has 4 heteroatoms. The Balaban J connectivity index is 2.47. The van der Waals surface area contributed by atoms with Crippen LogP contribution < -0.4 is 0 Å². The zero-order chi connectivity index (χ0) is 18.6. The van der Waals surface area contributed by atoms with Crippen molar-refractivity contribution in [1.29, 1.82) is 0 Å². The maximum Gasteiger partial charge on any atom is 0.272 e. The lowest BCUT2D eigenvalue weighted by atomic mass is 10.0. The monoisotopic (exact) mass is 338 g/mol. The van der Waals surface area contributed by atoms with Crippen LogP contribution in [0.3, 0.4) is 0 Å². The predicted molar refractivity (Wildman–Crippen MR) is 100 cm³/mol. The van der Waals surface area contributed by atoms with Crippen LogP contribution in [-0.2, 0) is 0 Å². The molecule has 2 rings (SSSR count). The lowest BCUT2D eigenvalue weighted by Gasteiger charge is -2.43. The minimum atomic E-state index is -0.540. The summed E-state index contributed by atoms with van der Waals surface area (Å²) in [6, 6.07) is 16.5. The molecule has 2 aromatic rings. The fourth-order valence-electron chi connectivity index (χ4n) is 2.81. The van der Waals surface area contributed by atoms with Crippen LogP contribution in [0.4, 0.5) is 0 Å². The second-order valence-corrected chi connectivity index (χ2v) is 6.99. The molecule has 0 unspecified atom stereocenters. The molecular formula is C21H26N2O2. The number of benzene rings is 2. The van der Waals surface area contributed by atoms with E-state index in [2.05, 4.69) is 0 Å². The summed E-state index contributed by atoms with van der Waals surface area (Å²) < 4.78 is 0. The van der Waals surface area contributed by atoms with E-state index in [0.717, 1.165) is 5.56 Å². The van der Waals surface area contributed by atoms with Gasteiger partial charge in [0.05, 0.1) is 5.54 Å². The Morgan fingerprint density at radius 3 is 1.96 bits per heavy atom. The lowest BCUT2D eigenvalue weighted by Crippen LogP contribution is -2.58. The fourth-order valence-corrected chi connectivity index (χ4v) is 2.81. The molecule has 0 saturated heterocycles. The van der Waals surface area contributed by atoms with E-state index in [9.17, 15) is 9.59 Å². The molecule has 0 saturated carbocycles. The van der Waals surface area contributed by atoms with Gasteiger partial charge >= 0.3 is 0 Å². The normalized spacial score (nSPS) is 11.1. The van der Waals surface area contributed by atoms with Gasteiger partial charge in [0, 0.05) is 17.7 Å². The van der Waals surface area contributed by atoms with Crippen molar-refractivity contribution in [3.8, 4) is 0 Å². The van der Waals surface area contributed by atoms with Gasteiger partial charge in [0.15, 0.2) is 0 Å². The van der Waals surface area contributed by atoms with Crippen molar-refractivity contribution in [2.45, 2.75) is 40.2 Å². The van der Waals surface area contributed by atoms with Gasteiger partial charge in [-0.3, -0.25) is 9.59 Å². The van der Waals surface area contributed by atoms with Crippen molar-refractivity contribution in [1.82, 2.24) is 10.0 Å². The van der Waals surface area contributed by atoms with Gasteiger partial charge in [0.1, 0.15) is 0 Å². The van der Waals surface area contributed by atoms with Gasteiger partial charge in [-0.25, -0.2) is 10.0 Å². The van der Waals surface area contributed by atoms with Crippen LogP contribution in [0.5, 0.6) is 0 Å². The minimum Gasteiger partial charge on any atom is -0.267 e. The van der Waals surface area contributed by atoms with Crippen LogP contribution in [-0.4, -0.2) is 33.9 Å². The summed E-state index contributed by atoms with van der Waals surface area (Å²) in [6.07, 6.45) is 0. The van der Waals surface area contributed by atoms with Crippen LogP contribution in [0, 0.1) is 6.92 Å². The van der Waals surface area contributed by atoms with Crippen LogP contribution in [0.15, 0.2) is 54.6 Å². The van der Waals surface area contributed by atoms with Gasteiger partial charge in [-0.15, -0.1) is 0 Å². The molecule has 0 bridgehead atoms. The summed E-state index contributed by atoms with van der Waals surface area (Å²) >= 11 is 0. The van der Waals surface area contributed by atoms with E-state index >= 15 is 0 Å². The largest absolute Gasteiger partial charge is 0.272 e. The fraction of sp³-hybridized carbons (Fsp3) is 0.333. The molecule has 0 aliphatic carbocycles. The highest BCUT2D eigenvalue weighted by molar-refractivity contribution is 6.00. The van der Waals surface area contributed by atoms with Crippen LogP contribution in [0.25, 0.3) is 0 Å². The van der Waals surface area contributed by atoms with E-state index in [1.807, 2.05) is 71.0 Å². The molecule has 0 spiro atoms. The van der Waals surface area contributed by atoms with Gasteiger partial charge < -0.3 is 0 Å². The average molecular weight is 338 g/mol. The molecule has 0 aromatic heterocycles. The molecule has 25 heavy (non-hydrogen) atoms. The summed E-state index contributed by atoms with van der Waals surface area (Å²) in [5.74, 6) is -0.350. The van der Waals surface area contributed by atoms with E-state index in [0.29, 0.717) is 17.7 Å². The zero-order valence-corrected chi connectivity index (χ0v) is 15.6. The minimum absolute atomic E-state index is 0.167. The number of hydrogen-bond acceptors (Lipinski definition) is 2. The van der Waals surface area contributed by atoms with E-state index < -0.39 is 5.54 Å². The second kappa shape index (κ2) is 7.51. The van der Waals surface area contributed by atoms with E-state index in [1.54, 1.807) is 23.2 Å². The van der Waals surface area contributed by atoms with Crippen molar-refractivity contribution in [3.63, 3.8) is 0 Å². The highest BCUT2D eigenvalue weighted by atomic mass is 16.2. The molecule has 2 aromatic carbocycles.